The molecule has 0 aliphatic rings. The SMILES string of the molecule is CNCCCNC(=O)c1ccc(CNC(N)=O)cc1. The van der Waals surface area contributed by atoms with Crippen molar-refractivity contribution in [3.8, 4) is 0 Å². The summed E-state index contributed by atoms with van der Waals surface area (Å²) >= 11 is 0. The van der Waals surface area contributed by atoms with Crippen LogP contribution in [-0.4, -0.2) is 32.1 Å². The first kappa shape index (κ1) is 15.0. The Hall–Kier alpha value is -2.08. The molecule has 0 aromatic heterocycles. The van der Waals surface area contributed by atoms with Crippen LogP contribution in [0.2, 0.25) is 0 Å². The van der Waals surface area contributed by atoms with Crippen LogP contribution in [0.25, 0.3) is 0 Å². The maximum atomic E-state index is 11.8. The molecule has 0 radical (unpaired) electrons. The molecular formula is C13H20N4O2. The van der Waals surface area contributed by atoms with Crippen LogP contribution in [0.4, 0.5) is 4.79 Å². The summed E-state index contributed by atoms with van der Waals surface area (Å²) < 4.78 is 0. The van der Waals surface area contributed by atoms with Crippen LogP contribution in [-0.2, 0) is 6.54 Å². The number of nitrogens with one attached hydrogen (secondary N) is 3. The van der Waals surface area contributed by atoms with Crippen LogP contribution in [0.1, 0.15) is 22.3 Å². The molecule has 19 heavy (non-hydrogen) atoms. The molecule has 0 heterocycles. The second-order valence-electron chi connectivity index (χ2n) is 4.13. The smallest absolute Gasteiger partial charge is 0.312 e. The average Bonchev–Trinajstić information content (AvgIpc) is 2.41. The van der Waals surface area contributed by atoms with Gasteiger partial charge in [-0.15, -0.1) is 0 Å². The van der Waals surface area contributed by atoms with Gasteiger partial charge >= 0.3 is 6.03 Å². The van der Waals surface area contributed by atoms with Crippen molar-refractivity contribution in [2.24, 2.45) is 5.73 Å². The molecule has 0 spiro atoms. The molecule has 0 saturated carbocycles. The molecule has 0 aliphatic heterocycles. The van der Waals surface area contributed by atoms with E-state index in [0.29, 0.717) is 18.7 Å². The number of primary amides is 1. The van der Waals surface area contributed by atoms with Crippen molar-refractivity contribution < 1.29 is 9.59 Å². The third kappa shape index (κ3) is 5.87. The number of amides is 3. The predicted octanol–water partition coefficient (Wildman–Crippen LogP) is 0.194. The van der Waals surface area contributed by atoms with Gasteiger partial charge in [0, 0.05) is 18.7 Å². The predicted molar refractivity (Wildman–Crippen MR) is 73.7 cm³/mol. The lowest BCUT2D eigenvalue weighted by molar-refractivity contribution is 0.0953. The lowest BCUT2D eigenvalue weighted by atomic mass is 10.1. The van der Waals surface area contributed by atoms with E-state index in [1.807, 2.05) is 7.05 Å². The Morgan fingerprint density at radius 2 is 1.79 bits per heavy atom. The molecule has 0 unspecified atom stereocenters. The van der Waals surface area contributed by atoms with Crippen molar-refractivity contribution in [3.05, 3.63) is 35.4 Å². The standard InChI is InChI=1S/C13H20N4O2/c1-15-7-2-8-16-12(18)11-5-3-10(4-6-11)9-17-13(14)19/h3-6,15H,2,7-9H2,1H3,(H,16,18)(H3,14,17,19). The van der Waals surface area contributed by atoms with Crippen LogP contribution in [0.15, 0.2) is 24.3 Å². The third-order valence-electron chi connectivity index (χ3n) is 2.57. The van der Waals surface area contributed by atoms with Gasteiger partial charge in [-0.05, 0) is 37.7 Å². The first-order valence-electron chi connectivity index (χ1n) is 6.18. The average molecular weight is 264 g/mol. The molecule has 0 aliphatic carbocycles. The second kappa shape index (κ2) is 8.10. The van der Waals surface area contributed by atoms with Crippen molar-refractivity contribution in [2.45, 2.75) is 13.0 Å². The number of urea groups is 1. The first-order chi connectivity index (χ1) is 9.13. The lowest BCUT2D eigenvalue weighted by Crippen LogP contribution is -2.28. The fourth-order valence-electron chi connectivity index (χ4n) is 1.53. The Labute approximate surface area is 112 Å². The van der Waals surface area contributed by atoms with E-state index in [4.69, 9.17) is 5.73 Å². The normalized spacial score (nSPS) is 9.95. The van der Waals surface area contributed by atoms with Gasteiger partial charge in [0.25, 0.3) is 5.91 Å². The van der Waals surface area contributed by atoms with Crippen molar-refractivity contribution in [3.63, 3.8) is 0 Å². The quantitative estimate of drug-likeness (QED) is 0.529. The highest BCUT2D eigenvalue weighted by molar-refractivity contribution is 5.94. The molecule has 3 amide bonds. The highest BCUT2D eigenvalue weighted by Crippen LogP contribution is 2.04. The van der Waals surface area contributed by atoms with Crippen molar-refractivity contribution >= 4 is 11.9 Å². The van der Waals surface area contributed by atoms with E-state index in [1.165, 1.54) is 0 Å². The molecule has 6 heteroatoms. The maximum absolute atomic E-state index is 11.8. The van der Waals surface area contributed by atoms with E-state index in [9.17, 15) is 9.59 Å². The van der Waals surface area contributed by atoms with Gasteiger partial charge in [0.15, 0.2) is 0 Å². The molecule has 0 fully saturated rings. The van der Waals surface area contributed by atoms with Crippen molar-refractivity contribution in [2.75, 3.05) is 20.1 Å². The van der Waals surface area contributed by atoms with Crippen LogP contribution in [0, 0.1) is 0 Å². The van der Waals surface area contributed by atoms with Crippen molar-refractivity contribution in [1.29, 1.82) is 0 Å². The topological polar surface area (TPSA) is 96.2 Å². The first-order valence-corrected chi connectivity index (χ1v) is 6.18. The summed E-state index contributed by atoms with van der Waals surface area (Å²) in [7, 11) is 1.88. The van der Waals surface area contributed by atoms with Crippen LogP contribution in [0.5, 0.6) is 0 Å². The summed E-state index contributed by atoms with van der Waals surface area (Å²) in [5.41, 5.74) is 6.48. The van der Waals surface area contributed by atoms with Gasteiger partial charge in [-0.3, -0.25) is 4.79 Å². The molecular weight excluding hydrogens is 244 g/mol. The number of hydrogen-bond acceptors (Lipinski definition) is 3. The molecule has 0 bridgehead atoms. The minimum atomic E-state index is -0.564. The number of benzene rings is 1. The minimum absolute atomic E-state index is 0.0921. The summed E-state index contributed by atoms with van der Waals surface area (Å²) in [6.07, 6.45) is 0.892. The Kier molecular flexibility index (Phi) is 6.38. The van der Waals surface area contributed by atoms with Crippen molar-refractivity contribution in [1.82, 2.24) is 16.0 Å². The summed E-state index contributed by atoms with van der Waals surface area (Å²) in [6.45, 7) is 1.88. The van der Waals surface area contributed by atoms with Crippen LogP contribution < -0.4 is 21.7 Å². The molecule has 0 saturated heterocycles. The lowest BCUT2D eigenvalue weighted by Gasteiger charge is -2.06. The monoisotopic (exact) mass is 264 g/mol. The van der Waals surface area contributed by atoms with E-state index < -0.39 is 6.03 Å². The zero-order valence-electron chi connectivity index (χ0n) is 11.0. The molecule has 104 valence electrons. The second-order valence-corrected chi connectivity index (χ2v) is 4.13. The summed E-state index contributed by atoms with van der Waals surface area (Å²) in [5.74, 6) is -0.0921. The minimum Gasteiger partial charge on any atom is -0.352 e. The van der Waals surface area contributed by atoms with E-state index >= 15 is 0 Å². The largest absolute Gasteiger partial charge is 0.352 e. The van der Waals surface area contributed by atoms with E-state index in [1.54, 1.807) is 24.3 Å². The third-order valence-corrected chi connectivity index (χ3v) is 2.57. The summed E-state index contributed by atoms with van der Waals surface area (Å²) in [4.78, 5) is 22.3. The number of hydrogen-bond donors (Lipinski definition) is 4. The highest BCUT2D eigenvalue weighted by atomic mass is 16.2. The zero-order chi connectivity index (χ0) is 14.1. The van der Waals surface area contributed by atoms with Gasteiger partial charge in [0.1, 0.15) is 0 Å². The van der Waals surface area contributed by atoms with Gasteiger partial charge in [-0.25, -0.2) is 4.79 Å². The number of carbonyl (C=O) groups is 2. The fourth-order valence-corrected chi connectivity index (χ4v) is 1.53. The van der Waals surface area contributed by atoms with Gasteiger partial charge in [-0.2, -0.15) is 0 Å². The van der Waals surface area contributed by atoms with Gasteiger partial charge < -0.3 is 21.7 Å². The summed E-state index contributed by atoms with van der Waals surface area (Å²) in [5, 5.41) is 8.34. The zero-order valence-corrected chi connectivity index (χ0v) is 11.0. The number of rotatable bonds is 7. The molecule has 6 nitrogen and oxygen atoms in total. The Morgan fingerprint density at radius 1 is 1.11 bits per heavy atom. The highest BCUT2D eigenvalue weighted by Gasteiger charge is 2.04. The van der Waals surface area contributed by atoms with Crippen LogP contribution in [0.3, 0.4) is 0 Å². The molecule has 0 atom stereocenters. The molecule has 5 N–H and O–H groups in total. The molecule has 1 rings (SSSR count). The Bertz CT molecular complexity index is 417. The van der Waals surface area contributed by atoms with E-state index in [-0.39, 0.29) is 5.91 Å². The van der Waals surface area contributed by atoms with Gasteiger partial charge in [0.2, 0.25) is 0 Å². The van der Waals surface area contributed by atoms with Gasteiger partial charge in [-0.1, -0.05) is 12.1 Å². The number of nitrogens with two attached hydrogens (primary N) is 1. The fraction of sp³-hybridized carbons (Fsp3) is 0.385. The molecule has 1 aromatic rings. The Morgan fingerprint density at radius 3 is 2.37 bits per heavy atom. The van der Waals surface area contributed by atoms with E-state index in [2.05, 4.69) is 16.0 Å². The Balaban J connectivity index is 2.42. The maximum Gasteiger partial charge on any atom is 0.312 e. The summed E-state index contributed by atoms with van der Waals surface area (Å²) in [6, 6.07) is 6.47. The molecule has 1 aromatic carbocycles. The number of carbonyl (C=O) groups excluding carboxylic acids is 2. The van der Waals surface area contributed by atoms with Crippen LogP contribution >= 0.6 is 0 Å². The van der Waals surface area contributed by atoms with Gasteiger partial charge in [0.05, 0.1) is 0 Å². The van der Waals surface area contributed by atoms with E-state index in [0.717, 1.165) is 18.5 Å².